The van der Waals surface area contributed by atoms with E-state index < -0.39 is 0 Å². The number of piperidine rings is 1. The lowest BCUT2D eigenvalue weighted by Gasteiger charge is -2.37. The maximum Gasteiger partial charge on any atom is 0.0314 e. The Hall–Kier alpha value is -1.02. The zero-order chi connectivity index (χ0) is 13.1. The van der Waals surface area contributed by atoms with Gasteiger partial charge in [0.2, 0.25) is 0 Å². The Morgan fingerprint density at radius 1 is 1.05 bits per heavy atom. The Morgan fingerprint density at radius 3 is 2.68 bits per heavy atom. The summed E-state index contributed by atoms with van der Waals surface area (Å²) in [6.07, 6.45) is 9.78. The van der Waals surface area contributed by atoms with E-state index in [-0.39, 0.29) is 0 Å². The first-order valence-electron chi connectivity index (χ1n) is 7.91. The van der Waals surface area contributed by atoms with Gasteiger partial charge in [-0.05, 0) is 75.2 Å². The Balaban J connectivity index is 1.48. The maximum absolute atomic E-state index is 5.72. The van der Waals surface area contributed by atoms with Crippen molar-refractivity contribution in [2.24, 2.45) is 5.92 Å². The average Bonchev–Trinajstić information content (AvgIpc) is 2.90. The summed E-state index contributed by atoms with van der Waals surface area (Å²) in [5.74, 6) is 1.02. The molecule has 2 N–H and O–H groups in total. The molecule has 0 radical (unpaired) electrons. The van der Waals surface area contributed by atoms with Crippen LogP contribution >= 0.6 is 0 Å². The van der Waals surface area contributed by atoms with Gasteiger partial charge in [-0.15, -0.1) is 0 Å². The number of fused-ring (bicyclic) bond motifs is 1. The van der Waals surface area contributed by atoms with Crippen LogP contribution in [0, 0.1) is 5.92 Å². The molecule has 1 aromatic rings. The molecule has 1 saturated carbocycles. The molecule has 0 aromatic heterocycles. The molecule has 1 aromatic carbocycles. The Bertz CT molecular complexity index is 398. The first-order valence-corrected chi connectivity index (χ1v) is 7.91. The number of nitrogens with two attached hydrogens (primary N) is 1. The summed E-state index contributed by atoms with van der Waals surface area (Å²) in [4.78, 5) is 2.78. The molecule has 0 bridgehead atoms. The second kappa shape index (κ2) is 5.96. The highest BCUT2D eigenvalue weighted by Gasteiger charge is 2.34. The van der Waals surface area contributed by atoms with Gasteiger partial charge in [-0.25, -0.2) is 0 Å². The van der Waals surface area contributed by atoms with Gasteiger partial charge in [-0.1, -0.05) is 18.6 Å². The van der Waals surface area contributed by atoms with Crippen LogP contribution < -0.4 is 5.73 Å². The maximum atomic E-state index is 5.72. The molecule has 0 spiro atoms. The van der Waals surface area contributed by atoms with Crippen LogP contribution in [0.3, 0.4) is 0 Å². The highest BCUT2D eigenvalue weighted by Crippen LogP contribution is 2.36. The van der Waals surface area contributed by atoms with E-state index in [9.17, 15) is 0 Å². The summed E-state index contributed by atoms with van der Waals surface area (Å²) in [5.41, 5.74) is 8.02. The Kier molecular flexibility index (Phi) is 4.07. The van der Waals surface area contributed by atoms with E-state index in [0.29, 0.717) is 0 Å². The number of nitrogen functional groups attached to an aromatic ring is 1. The first-order chi connectivity index (χ1) is 9.33. The number of rotatable bonds is 4. The average molecular weight is 258 g/mol. The van der Waals surface area contributed by atoms with E-state index in [1.807, 2.05) is 12.1 Å². The molecule has 3 rings (SSSR count). The second-order valence-corrected chi connectivity index (χ2v) is 6.28. The van der Waals surface area contributed by atoms with Gasteiger partial charge in [0.15, 0.2) is 0 Å². The van der Waals surface area contributed by atoms with Crippen LogP contribution in [0.25, 0.3) is 0 Å². The molecule has 2 heteroatoms. The van der Waals surface area contributed by atoms with Gasteiger partial charge in [0, 0.05) is 11.7 Å². The van der Waals surface area contributed by atoms with Crippen LogP contribution in [0.2, 0.25) is 0 Å². The summed E-state index contributed by atoms with van der Waals surface area (Å²) in [6.45, 7) is 2.62. The van der Waals surface area contributed by atoms with Crippen LogP contribution in [-0.4, -0.2) is 24.0 Å². The number of hydrogen-bond donors (Lipinski definition) is 1. The minimum Gasteiger partial charge on any atom is -0.399 e. The highest BCUT2D eigenvalue weighted by molar-refractivity contribution is 5.39. The third-order valence-corrected chi connectivity index (χ3v) is 5.00. The third kappa shape index (κ3) is 3.11. The van der Waals surface area contributed by atoms with Crippen LogP contribution in [0.4, 0.5) is 5.69 Å². The standard InChI is InChI=1S/C17H26N2/c18-16-10-8-14(9-11-16)4-2-12-19-13-3-6-15-5-1-7-17(15)19/h8-11,15,17H,1-7,12-13,18H2. The normalized spacial score (nSPS) is 27.4. The molecule has 2 unspecified atom stereocenters. The molecular formula is C17H26N2. The quantitative estimate of drug-likeness (QED) is 0.838. The minimum absolute atomic E-state index is 0.869. The van der Waals surface area contributed by atoms with Gasteiger partial charge < -0.3 is 10.6 Å². The van der Waals surface area contributed by atoms with E-state index in [2.05, 4.69) is 17.0 Å². The molecule has 19 heavy (non-hydrogen) atoms. The fourth-order valence-corrected chi connectivity index (χ4v) is 4.01. The van der Waals surface area contributed by atoms with Crippen molar-refractivity contribution in [2.75, 3.05) is 18.8 Å². The number of likely N-dealkylation sites (tertiary alicyclic amines) is 1. The van der Waals surface area contributed by atoms with Crippen molar-refractivity contribution in [1.29, 1.82) is 0 Å². The summed E-state index contributed by atoms with van der Waals surface area (Å²) in [5, 5.41) is 0. The topological polar surface area (TPSA) is 29.3 Å². The molecular weight excluding hydrogens is 232 g/mol. The molecule has 2 atom stereocenters. The van der Waals surface area contributed by atoms with Gasteiger partial charge >= 0.3 is 0 Å². The van der Waals surface area contributed by atoms with E-state index >= 15 is 0 Å². The fraction of sp³-hybridized carbons (Fsp3) is 0.647. The number of aryl methyl sites for hydroxylation is 1. The molecule has 0 amide bonds. The smallest absolute Gasteiger partial charge is 0.0314 e. The van der Waals surface area contributed by atoms with Gasteiger partial charge in [0.1, 0.15) is 0 Å². The molecule has 1 saturated heterocycles. The molecule has 104 valence electrons. The number of benzene rings is 1. The predicted octanol–water partition coefficient (Wildman–Crippen LogP) is 3.47. The number of anilines is 1. The van der Waals surface area contributed by atoms with E-state index in [0.717, 1.165) is 17.6 Å². The molecule has 1 aliphatic heterocycles. The van der Waals surface area contributed by atoms with Gasteiger partial charge in [-0.2, -0.15) is 0 Å². The molecule has 2 aliphatic rings. The SMILES string of the molecule is Nc1ccc(CCCN2CCCC3CCCC32)cc1. The van der Waals surface area contributed by atoms with Crippen molar-refractivity contribution in [3.05, 3.63) is 29.8 Å². The van der Waals surface area contributed by atoms with Crippen molar-refractivity contribution in [3.63, 3.8) is 0 Å². The summed E-state index contributed by atoms with van der Waals surface area (Å²) < 4.78 is 0. The van der Waals surface area contributed by atoms with Gasteiger partial charge in [0.05, 0.1) is 0 Å². The lowest BCUT2D eigenvalue weighted by Crippen LogP contribution is -2.43. The number of nitrogens with zero attached hydrogens (tertiary/aromatic N) is 1. The van der Waals surface area contributed by atoms with Crippen LogP contribution in [0.5, 0.6) is 0 Å². The minimum atomic E-state index is 0.869. The van der Waals surface area contributed by atoms with Crippen LogP contribution in [0.15, 0.2) is 24.3 Å². The van der Waals surface area contributed by atoms with Crippen LogP contribution in [-0.2, 0) is 6.42 Å². The molecule has 2 nitrogen and oxygen atoms in total. The summed E-state index contributed by atoms with van der Waals surface area (Å²) in [6, 6.07) is 9.29. The Morgan fingerprint density at radius 2 is 1.84 bits per heavy atom. The Labute approximate surface area is 117 Å². The zero-order valence-electron chi connectivity index (χ0n) is 11.9. The van der Waals surface area contributed by atoms with Crippen molar-refractivity contribution in [3.8, 4) is 0 Å². The molecule has 1 aliphatic carbocycles. The lowest BCUT2D eigenvalue weighted by molar-refractivity contribution is 0.112. The predicted molar refractivity (Wildman–Crippen MR) is 81.1 cm³/mol. The van der Waals surface area contributed by atoms with E-state index in [1.54, 1.807) is 0 Å². The zero-order valence-corrected chi connectivity index (χ0v) is 11.9. The molecule has 2 fully saturated rings. The van der Waals surface area contributed by atoms with E-state index in [4.69, 9.17) is 5.73 Å². The lowest BCUT2D eigenvalue weighted by atomic mass is 9.91. The van der Waals surface area contributed by atoms with Crippen molar-refractivity contribution < 1.29 is 0 Å². The van der Waals surface area contributed by atoms with E-state index in [1.165, 1.54) is 63.6 Å². The summed E-state index contributed by atoms with van der Waals surface area (Å²) in [7, 11) is 0. The first kappa shape index (κ1) is 13.0. The summed E-state index contributed by atoms with van der Waals surface area (Å²) >= 11 is 0. The monoisotopic (exact) mass is 258 g/mol. The highest BCUT2D eigenvalue weighted by atomic mass is 15.2. The third-order valence-electron chi connectivity index (χ3n) is 5.00. The van der Waals surface area contributed by atoms with Crippen molar-refractivity contribution in [2.45, 2.75) is 51.0 Å². The van der Waals surface area contributed by atoms with Crippen molar-refractivity contribution >= 4 is 5.69 Å². The van der Waals surface area contributed by atoms with Crippen molar-refractivity contribution in [1.82, 2.24) is 4.90 Å². The van der Waals surface area contributed by atoms with Crippen LogP contribution in [0.1, 0.15) is 44.1 Å². The molecule has 1 heterocycles. The largest absolute Gasteiger partial charge is 0.399 e. The fourth-order valence-electron chi connectivity index (χ4n) is 4.01. The van der Waals surface area contributed by atoms with Gasteiger partial charge in [-0.3, -0.25) is 0 Å². The number of hydrogen-bond acceptors (Lipinski definition) is 2. The van der Waals surface area contributed by atoms with Gasteiger partial charge in [0.25, 0.3) is 0 Å². The second-order valence-electron chi connectivity index (χ2n) is 6.28.